The lowest BCUT2D eigenvalue weighted by Gasteiger charge is -2.06. The molecular formula is C18H15FN4O6S. The number of halogens is 1. The zero-order valence-electron chi connectivity index (χ0n) is 15.5. The predicted octanol–water partition coefficient (Wildman–Crippen LogP) is 3.44. The van der Waals surface area contributed by atoms with Gasteiger partial charge >= 0.3 is 0 Å². The molecule has 0 unspecified atom stereocenters. The second kappa shape index (κ2) is 9.69. The molecule has 1 N–H and O–H groups in total. The van der Waals surface area contributed by atoms with Crippen molar-refractivity contribution in [2.24, 2.45) is 0 Å². The zero-order valence-corrected chi connectivity index (χ0v) is 16.3. The zero-order chi connectivity index (χ0) is 21.5. The molecule has 0 bridgehead atoms. The Balaban J connectivity index is 1.53. The number of nitrogens with zero attached hydrogens (tertiary/aromatic N) is 3. The number of para-hydroxylation sites is 1. The van der Waals surface area contributed by atoms with Crippen molar-refractivity contribution >= 4 is 29.0 Å². The number of hydrogen-bond donors (Lipinski definition) is 1. The monoisotopic (exact) mass is 434 g/mol. The first-order chi connectivity index (χ1) is 14.5. The van der Waals surface area contributed by atoms with E-state index in [1.54, 1.807) is 6.07 Å². The molecule has 1 heterocycles. The first-order valence-corrected chi connectivity index (χ1v) is 9.39. The number of rotatable bonds is 9. The highest BCUT2D eigenvalue weighted by molar-refractivity contribution is 7.99. The number of carbonyl (C=O) groups excluding carboxylic acids is 1. The summed E-state index contributed by atoms with van der Waals surface area (Å²) in [6.07, 6.45) is 0. The van der Waals surface area contributed by atoms with Crippen LogP contribution in [0.15, 0.2) is 52.1 Å². The van der Waals surface area contributed by atoms with Gasteiger partial charge < -0.3 is 19.2 Å². The average Bonchev–Trinajstić information content (AvgIpc) is 3.19. The number of nitro groups is 1. The molecule has 156 valence electrons. The Bertz CT molecular complexity index is 1060. The van der Waals surface area contributed by atoms with E-state index < -0.39 is 16.6 Å². The molecule has 2 aromatic carbocycles. The third-order valence-electron chi connectivity index (χ3n) is 3.64. The van der Waals surface area contributed by atoms with E-state index in [2.05, 4.69) is 15.5 Å². The summed E-state index contributed by atoms with van der Waals surface area (Å²) in [7, 11) is 1.38. The number of nitro benzene ring substituents is 1. The Morgan fingerprint density at radius 2 is 2.10 bits per heavy atom. The Morgan fingerprint density at radius 1 is 1.30 bits per heavy atom. The van der Waals surface area contributed by atoms with E-state index in [0.29, 0.717) is 5.75 Å². The van der Waals surface area contributed by atoms with Crippen LogP contribution in [0.3, 0.4) is 0 Å². The largest absolute Gasteiger partial charge is 0.496 e. The van der Waals surface area contributed by atoms with E-state index in [4.69, 9.17) is 13.9 Å². The number of hydrogen-bond acceptors (Lipinski definition) is 9. The Morgan fingerprint density at radius 3 is 2.83 bits per heavy atom. The molecule has 12 heteroatoms. The van der Waals surface area contributed by atoms with Gasteiger partial charge in [-0.15, -0.1) is 10.2 Å². The van der Waals surface area contributed by atoms with Crippen molar-refractivity contribution < 1.29 is 28.0 Å². The molecule has 0 saturated heterocycles. The van der Waals surface area contributed by atoms with Gasteiger partial charge in [-0.2, -0.15) is 0 Å². The molecule has 0 saturated carbocycles. The normalized spacial score (nSPS) is 10.5. The first kappa shape index (κ1) is 21.0. The number of anilines is 1. The van der Waals surface area contributed by atoms with Crippen LogP contribution in [0.2, 0.25) is 0 Å². The fraction of sp³-hybridized carbons (Fsp3) is 0.167. The number of nitrogens with one attached hydrogen (secondary N) is 1. The summed E-state index contributed by atoms with van der Waals surface area (Å²) in [6, 6.07) is 9.97. The summed E-state index contributed by atoms with van der Waals surface area (Å²) < 4.78 is 29.1. The van der Waals surface area contributed by atoms with E-state index in [1.807, 2.05) is 0 Å². The van der Waals surface area contributed by atoms with Crippen LogP contribution < -0.4 is 14.8 Å². The Hall–Kier alpha value is -3.67. The highest BCUT2D eigenvalue weighted by atomic mass is 32.2. The molecule has 0 aliphatic rings. The van der Waals surface area contributed by atoms with Crippen LogP contribution in [0.25, 0.3) is 0 Å². The molecule has 30 heavy (non-hydrogen) atoms. The van der Waals surface area contributed by atoms with Crippen molar-refractivity contribution in [3.8, 4) is 11.5 Å². The van der Waals surface area contributed by atoms with Crippen LogP contribution in [0.1, 0.15) is 5.89 Å². The highest BCUT2D eigenvalue weighted by Gasteiger charge is 2.18. The lowest BCUT2D eigenvalue weighted by molar-refractivity contribution is -0.384. The number of amides is 1. The average molecular weight is 434 g/mol. The van der Waals surface area contributed by atoms with Crippen molar-refractivity contribution in [2.45, 2.75) is 11.8 Å². The van der Waals surface area contributed by atoms with Crippen molar-refractivity contribution in [1.29, 1.82) is 0 Å². The molecule has 1 amide bonds. The van der Waals surface area contributed by atoms with Crippen LogP contribution in [-0.2, 0) is 11.4 Å². The van der Waals surface area contributed by atoms with Crippen molar-refractivity contribution in [1.82, 2.24) is 10.2 Å². The van der Waals surface area contributed by atoms with E-state index in [9.17, 15) is 19.3 Å². The second-order valence-corrected chi connectivity index (χ2v) is 6.58. The molecule has 3 aromatic rings. The number of carbonyl (C=O) groups is 1. The molecule has 1 aromatic heterocycles. The predicted molar refractivity (Wildman–Crippen MR) is 104 cm³/mol. The fourth-order valence-electron chi connectivity index (χ4n) is 2.26. The lowest BCUT2D eigenvalue weighted by atomic mass is 10.2. The summed E-state index contributed by atoms with van der Waals surface area (Å²) >= 11 is 0.939. The van der Waals surface area contributed by atoms with Crippen LogP contribution >= 0.6 is 11.8 Å². The first-order valence-electron chi connectivity index (χ1n) is 8.41. The Labute approximate surface area is 173 Å². The van der Waals surface area contributed by atoms with E-state index >= 15 is 0 Å². The number of aromatic nitrogens is 2. The standard InChI is InChI=1S/C18H15FN4O6S/c1-27-11-6-7-13(14(8-11)23(25)26)20-16(24)10-30-18-22-21-17(29-18)9-28-15-5-3-2-4-12(15)19/h2-8H,9-10H2,1H3,(H,20,24). The van der Waals surface area contributed by atoms with E-state index in [0.717, 1.165) is 11.8 Å². The minimum Gasteiger partial charge on any atom is -0.496 e. The van der Waals surface area contributed by atoms with Gasteiger partial charge in [0.15, 0.2) is 18.2 Å². The summed E-state index contributed by atoms with van der Waals surface area (Å²) in [5.74, 6) is -0.701. The molecule has 0 atom stereocenters. The number of methoxy groups -OCH3 is 1. The van der Waals surface area contributed by atoms with Crippen LogP contribution in [0.5, 0.6) is 11.5 Å². The van der Waals surface area contributed by atoms with Gasteiger partial charge in [0, 0.05) is 0 Å². The molecule has 0 aliphatic carbocycles. The maximum absolute atomic E-state index is 13.5. The molecule has 0 spiro atoms. The van der Waals surface area contributed by atoms with Gasteiger partial charge in [-0.1, -0.05) is 23.9 Å². The molecule has 0 radical (unpaired) electrons. The fourth-order valence-corrected chi connectivity index (χ4v) is 2.85. The van der Waals surface area contributed by atoms with Crippen molar-refractivity contribution in [3.05, 3.63) is 64.3 Å². The SMILES string of the molecule is COc1ccc(NC(=O)CSc2nnc(COc3ccccc3F)o2)c([N+](=O)[O-])c1. The molecule has 0 aliphatic heterocycles. The second-order valence-electron chi connectivity index (χ2n) is 5.66. The van der Waals surface area contributed by atoms with Gasteiger partial charge in [-0.25, -0.2) is 4.39 Å². The van der Waals surface area contributed by atoms with E-state index in [1.165, 1.54) is 43.5 Å². The van der Waals surface area contributed by atoms with Gasteiger partial charge in [0.05, 0.1) is 23.9 Å². The summed E-state index contributed by atoms with van der Waals surface area (Å²) in [4.78, 5) is 22.7. The van der Waals surface area contributed by atoms with Crippen molar-refractivity contribution in [2.75, 3.05) is 18.2 Å². The molecule has 3 rings (SSSR count). The summed E-state index contributed by atoms with van der Waals surface area (Å²) in [5, 5.41) is 21.2. The molecular weight excluding hydrogens is 419 g/mol. The summed E-state index contributed by atoms with van der Waals surface area (Å²) in [5.41, 5.74) is -0.256. The lowest BCUT2D eigenvalue weighted by Crippen LogP contribution is -2.15. The third-order valence-corrected chi connectivity index (χ3v) is 4.46. The number of ether oxygens (including phenoxy) is 2. The van der Waals surface area contributed by atoms with Crippen LogP contribution in [-0.4, -0.2) is 33.9 Å². The minimum absolute atomic E-state index is 0.0379. The van der Waals surface area contributed by atoms with E-state index in [-0.39, 0.29) is 40.6 Å². The van der Waals surface area contributed by atoms with Crippen LogP contribution in [0, 0.1) is 15.9 Å². The maximum atomic E-state index is 13.5. The van der Waals surface area contributed by atoms with Gasteiger partial charge in [0.2, 0.25) is 5.91 Å². The molecule has 10 nitrogen and oxygen atoms in total. The summed E-state index contributed by atoms with van der Waals surface area (Å²) in [6.45, 7) is -0.140. The van der Waals surface area contributed by atoms with Gasteiger partial charge in [-0.05, 0) is 24.3 Å². The Kier molecular flexibility index (Phi) is 6.80. The third kappa shape index (κ3) is 5.44. The molecule has 0 fully saturated rings. The van der Waals surface area contributed by atoms with Crippen molar-refractivity contribution in [3.63, 3.8) is 0 Å². The van der Waals surface area contributed by atoms with Gasteiger partial charge in [-0.3, -0.25) is 14.9 Å². The topological polar surface area (TPSA) is 130 Å². The smallest absolute Gasteiger partial charge is 0.296 e. The number of benzene rings is 2. The van der Waals surface area contributed by atoms with Crippen LogP contribution in [0.4, 0.5) is 15.8 Å². The maximum Gasteiger partial charge on any atom is 0.296 e. The highest BCUT2D eigenvalue weighted by Crippen LogP contribution is 2.29. The van der Waals surface area contributed by atoms with Gasteiger partial charge in [0.1, 0.15) is 11.4 Å². The van der Waals surface area contributed by atoms with Gasteiger partial charge in [0.25, 0.3) is 16.8 Å². The number of thioether (sulfide) groups is 1. The quantitative estimate of drug-likeness (QED) is 0.306. The minimum atomic E-state index is -0.620.